The molecule has 21 heavy (non-hydrogen) atoms. The third-order valence-corrected chi connectivity index (χ3v) is 4.96. The van der Waals surface area contributed by atoms with Crippen LogP contribution in [0.25, 0.3) is 0 Å². The first kappa shape index (κ1) is 14.1. The lowest BCUT2D eigenvalue weighted by Gasteiger charge is -2.22. The maximum atomic E-state index is 12.4. The number of carboxylic acids is 1. The average Bonchev–Trinajstić information content (AvgIpc) is 2.97. The van der Waals surface area contributed by atoms with E-state index in [9.17, 15) is 9.59 Å². The Balaban J connectivity index is 1.72. The molecule has 2 heterocycles. The van der Waals surface area contributed by atoms with Gasteiger partial charge in [-0.2, -0.15) is 0 Å². The van der Waals surface area contributed by atoms with Crippen LogP contribution in [0.3, 0.4) is 0 Å². The highest BCUT2D eigenvalue weighted by Gasteiger charge is 2.33. The molecule has 0 aliphatic heterocycles. The topological polar surface area (TPSA) is 69.6 Å². The van der Waals surface area contributed by atoms with Crippen molar-refractivity contribution in [2.75, 3.05) is 5.32 Å². The van der Waals surface area contributed by atoms with Crippen LogP contribution in [0.2, 0.25) is 0 Å². The standard InChI is InChI=1S/C14H14N2O3S2/c17-13(18)11-5-7-21-12(11)15-14(19)16(9-3-4-9)8-10-2-1-6-20-10/h1-2,5-7,9H,3-4,8H2,(H,15,19)(H,17,18). The molecule has 2 aromatic rings. The molecule has 110 valence electrons. The van der Waals surface area contributed by atoms with Gasteiger partial charge in [-0.3, -0.25) is 5.32 Å². The van der Waals surface area contributed by atoms with E-state index in [0.29, 0.717) is 11.5 Å². The lowest BCUT2D eigenvalue weighted by atomic mass is 10.3. The maximum Gasteiger partial charge on any atom is 0.338 e. The van der Waals surface area contributed by atoms with E-state index < -0.39 is 5.97 Å². The summed E-state index contributed by atoms with van der Waals surface area (Å²) in [6.45, 7) is 0.571. The van der Waals surface area contributed by atoms with E-state index in [-0.39, 0.29) is 17.6 Å². The van der Waals surface area contributed by atoms with Gasteiger partial charge in [0, 0.05) is 10.9 Å². The molecule has 1 aliphatic carbocycles. The molecule has 2 N–H and O–H groups in total. The van der Waals surface area contributed by atoms with Gasteiger partial charge < -0.3 is 10.0 Å². The number of hydrogen-bond acceptors (Lipinski definition) is 4. The largest absolute Gasteiger partial charge is 0.478 e. The molecule has 2 aromatic heterocycles. The molecule has 0 spiro atoms. The SMILES string of the molecule is O=C(O)c1ccsc1NC(=O)N(Cc1cccs1)C1CC1. The first-order valence-corrected chi connectivity index (χ1v) is 8.32. The Hall–Kier alpha value is -1.86. The number of urea groups is 1. The smallest absolute Gasteiger partial charge is 0.338 e. The Labute approximate surface area is 129 Å². The third kappa shape index (κ3) is 3.25. The Morgan fingerprint density at radius 1 is 1.29 bits per heavy atom. The number of rotatable bonds is 5. The van der Waals surface area contributed by atoms with Crippen molar-refractivity contribution in [3.63, 3.8) is 0 Å². The van der Waals surface area contributed by atoms with Crippen LogP contribution in [0.4, 0.5) is 9.80 Å². The zero-order valence-electron chi connectivity index (χ0n) is 11.1. The second kappa shape index (κ2) is 5.87. The van der Waals surface area contributed by atoms with Crippen molar-refractivity contribution in [3.8, 4) is 0 Å². The number of carboxylic acid groups (broad SMARTS) is 1. The molecule has 2 amide bonds. The van der Waals surface area contributed by atoms with E-state index in [1.807, 2.05) is 17.5 Å². The second-order valence-corrected chi connectivity index (χ2v) is 6.79. The molecule has 3 rings (SSSR count). The fraction of sp³-hybridized carbons (Fsp3) is 0.286. The summed E-state index contributed by atoms with van der Waals surface area (Å²) in [5.41, 5.74) is 0.139. The Bertz CT molecular complexity index is 647. The Morgan fingerprint density at radius 3 is 2.71 bits per heavy atom. The normalized spacial score (nSPS) is 13.9. The van der Waals surface area contributed by atoms with Gasteiger partial charge in [0.15, 0.2) is 0 Å². The van der Waals surface area contributed by atoms with Crippen LogP contribution in [0.15, 0.2) is 29.0 Å². The number of aromatic carboxylic acids is 1. The lowest BCUT2D eigenvalue weighted by molar-refractivity contribution is 0.0698. The predicted octanol–water partition coefficient (Wildman–Crippen LogP) is 3.70. The zero-order chi connectivity index (χ0) is 14.8. The number of hydrogen-bond donors (Lipinski definition) is 2. The molecule has 5 nitrogen and oxygen atoms in total. The van der Waals surface area contributed by atoms with Gasteiger partial charge in [-0.1, -0.05) is 6.07 Å². The number of thiophene rings is 2. The van der Waals surface area contributed by atoms with Crippen molar-refractivity contribution in [1.29, 1.82) is 0 Å². The molecule has 0 saturated heterocycles. The summed E-state index contributed by atoms with van der Waals surface area (Å²) in [4.78, 5) is 26.4. The molecule has 1 saturated carbocycles. The van der Waals surface area contributed by atoms with Crippen molar-refractivity contribution in [2.24, 2.45) is 0 Å². The first-order valence-electron chi connectivity index (χ1n) is 6.56. The predicted molar refractivity (Wildman–Crippen MR) is 83.2 cm³/mol. The number of nitrogens with zero attached hydrogens (tertiary/aromatic N) is 1. The first-order chi connectivity index (χ1) is 10.1. The van der Waals surface area contributed by atoms with Gasteiger partial charge in [0.05, 0.1) is 12.1 Å². The summed E-state index contributed by atoms with van der Waals surface area (Å²) in [5.74, 6) is -1.03. The zero-order valence-corrected chi connectivity index (χ0v) is 12.7. The molecule has 0 aromatic carbocycles. The summed E-state index contributed by atoms with van der Waals surface area (Å²) in [7, 11) is 0. The van der Waals surface area contributed by atoms with Gasteiger partial charge in [-0.05, 0) is 35.7 Å². The van der Waals surface area contributed by atoms with Gasteiger partial charge in [0.1, 0.15) is 5.00 Å². The van der Waals surface area contributed by atoms with Gasteiger partial charge in [0.2, 0.25) is 0 Å². The maximum absolute atomic E-state index is 12.4. The summed E-state index contributed by atoms with van der Waals surface area (Å²) in [5, 5.41) is 15.9. The van der Waals surface area contributed by atoms with Gasteiger partial charge in [-0.25, -0.2) is 9.59 Å². The van der Waals surface area contributed by atoms with Crippen LogP contribution in [-0.4, -0.2) is 28.0 Å². The monoisotopic (exact) mass is 322 g/mol. The molecule has 0 bridgehead atoms. The minimum atomic E-state index is -1.03. The minimum Gasteiger partial charge on any atom is -0.478 e. The van der Waals surface area contributed by atoms with Crippen LogP contribution in [0, 0.1) is 0 Å². The van der Waals surface area contributed by atoms with E-state index in [1.165, 1.54) is 17.4 Å². The molecule has 0 radical (unpaired) electrons. The summed E-state index contributed by atoms with van der Waals surface area (Å²) in [6.07, 6.45) is 2.02. The molecule has 0 atom stereocenters. The Kier molecular flexibility index (Phi) is 3.94. The van der Waals surface area contributed by atoms with E-state index in [0.717, 1.165) is 17.7 Å². The fourth-order valence-electron chi connectivity index (χ4n) is 2.07. The number of carbonyl (C=O) groups is 2. The summed E-state index contributed by atoms with van der Waals surface area (Å²) >= 11 is 2.84. The van der Waals surface area contributed by atoms with Crippen molar-refractivity contribution in [2.45, 2.75) is 25.4 Å². The van der Waals surface area contributed by atoms with Gasteiger partial charge in [-0.15, -0.1) is 22.7 Å². The molecule has 0 unspecified atom stereocenters. The molecule has 1 fully saturated rings. The van der Waals surface area contributed by atoms with E-state index in [1.54, 1.807) is 21.6 Å². The Morgan fingerprint density at radius 2 is 2.10 bits per heavy atom. The quantitative estimate of drug-likeness (QED) is 0.881. The number of anilines is 1. The van der Waals surface area contributed by atoms with Crippen LogP contribution in [-0.2, 0) is 6.54 Å². The highest BCUT2D eigenvalue weighted by atomic mass is 32.1. The molecule has 1 aliphatic rings. The van der Waals surface area contributed by atoms with E-state index in [2.05, 4.69) is 5.32 Å². The summed E-state index contributed by atoms with van der Waals surface area (Å²) < 4.78 is 0. The van der Waals surface area contributed by atoms with Crippen LogP contribution < -0.4 is 5.32 Å². The highest BCUT2D eigenvalue weighted by molar-refractivity contribution is 7.14. The average molecular weight is 322 g/mol. The highest BCUT2D eigenvalue weighted by Crippen LogP contribution is 2.31. The third-order valence-electron chi connectivity index (χ3n) is 3.27. The fourth-order valence-corrected chi connectivity index (χ4v) is 3.54. The van der Waals surface area contributed by atoms with Crippen LogP contribution >= 0.6 is 22.7 Å². The summed E-state index contributed by atoms with van der Waals surface area (Å²) in [6, 6.07) is 5.51. The van der Waals surface area contributed by atoms with Crippen molar-refractivity contribution in [1.82, 2.24) is 4.90 Å². The molecular formula is C14H14N2O3S2. The number of nitrogens with one attached hydrogen (secondary N) is 1. The number of amides is 2. The molecular weight excluding hydrogens is 308 g/mol. The minimum absolute atomic E-state index is 0.139. The van der Waals surface area contributed by atoms with Crippen LogP contribution in [0.5, 0.6) is 0 Å². The van der Waals surface area contributed by atoms with E-state index in [4.69, 9.17) is 5.11 Å². The van der Waals surface area contributed by atoms with E-state index >= 15 is 0 Å². The molecule has 7 heteroatoms. The number of carbonyl (C=O) groups excluding carboxylic acids is 1. The lowest BCUT2D eigenvalue weighted by Crippen LogP contribution is -2.36. The van der Waals surface area contributed by atoms with Crippen molar-refractivity contribution < 1.29 is 14.7 Å². The van der Waals surface area contributed by atoms with Gasteiger partial charge in [0.25, 0.3) is 0 Å². The second-order valence-electron chi connectivity index (χ2n) is 4.84. The van der Waals surface area contributed by atoms with Crippen LogP contribution in [0.1, 0.15) is 28.1 Å². The van der Waals surface area contributed by atoms with Crippen molar-refractivity contribution >= 4 is 39.7 Å². The van der Waals surface area contributed by atoms with Crippen molar-refractivity contribution in [3.05, 3.63) is 39.4 Å². The van der Waals surface area contributed by atoms with Gasteiger partial charge >= 0.3 is 12.0 Å².